The second-order valence-corrected chi connectivity index (χ2v) is 8.08. The van der Waals surface area contributed by atoms with Crippen molar-refractivity contribution in [1.29, 1.82) is 0 Å². The molecular formula is C20H28ClN3O2. The number of hydrogen-bond acceptors (Lipinski definition) is 3. The number of likely N-dealkylation sites (tertiary alicyclic amines) is 2. The highest BCUT2D eigenvalue weighted by Crippen LogP contribution is 2.25. The second kappa shape index (κ2) is 8.40. The summed E-state index contributed by atoms with van der Waals surface area (Å²) in [7, 11) is 0. The number of amides is 2. The summed E-state index contributed by atoms with van der Waals surface area (Å²) < 4.78 is 0. The van der Waals surface area contributed by atoms with Crippen molar-refractivity contribution in [2.24, 2.45) is 17.6 Å². The molecule has 5 nitrogen and oxygen atoms in total. The number of halogens is 1. The molecule has 0 aromatic heterocycles. The number of benzene rings is 1. The predicted molar refractivity (Wildman–Crippen MR) is 103 cm³/mol. The molecular weight excluding hydrogens is 350 g/mol. The minimum atomic E-state index is -0.105. The third kappa shape index (κ3) is 4.38. The van der Waals surface area contributed by atoms with Gasteiger partial charge < -0.3 is 15.5 Å². The molecule has 2 aliphatic rings. The van der Waals surface area contributed by atoms with Crippen LogP contribution in [-0.2, 0) is 4.79 Å². The third-order valence-corrected chi connectivity index (χ3v) is 5.91. The molecule has 2 amide bonds. The Kier molecular flexibility index (Phi) is 6.20. The van der Waals surface area contributed by atoms with E-state index < -0.39 is 0 Å². The van der Waals surface area contributed by atoms with Gasteiger partial charge in [-0.25, -0.2) is 0 Å². The van der Waals surface area contributed by atoms with Crippen LogP contribution in [-0.4, -0.2) is 53.8 Å². The van der Waals surface area contributed by atoms with Gasteiger partial charge in [-0.05, 0) is 62.8 Å². The van der Waals surface area contributed by atoms with E-state index in [1.807, 2.05) is 16.7 Å². The standard InChI is InChI=1S/C20H28ClN3O2/c1-14(22)16-4-2-10-23(12-16)20(26)17-5-3-11-24(13-17)19(25)15-6-8-18(21)9-7-15/h6-9,14,16-17H,2-5,10-13,22H2,1H3. The van der Waals surface area contributed by atoms with E-state index in [-0.39, 0.29) is 23.8 Å². The van der Waals surface area contributed by atoms with Gasteiger partial charge in [0.2, 0.25) is 5.91 Å². The largest absolute Gasteiger partial charge is 0.342 e. The Morgan fingerprint density at radius 1 is 1.08 bits per heavy atom. The van der Waals surface area contributed by atoms with Gasteiger partial charge in [0.25, 0.3) is 5.91 Å². The van der Waals surface area contributed by atoms with Gasteiger partial charge in [-0.1, -0.05) is 11.6 Å². The number of nitrogens with zero attached hydrogens (tertiary/aromatic N) is 2. The van der Waals surface area contributed by atoms with Crippen LogP contribution in [0.1, 0.15) is 43.0 Å². The van der Waals surface area contributed by atoms with Crippen molar-refractivity contribution in [3.63, 3.8) is 0 Å². The van der Waals surface area contributed by atoms with Crippen LogP contribution in [0.15, 0.2) is 24.3 Å². The van der Waals surface area contributed by atoms with E-state index in [9.17, 15) is 9.59 Å². The molecule has 1 aromatic carbocycles. The first-order valence-corrected chi connectivity index (χ1v) is 9.92. The SMILES string of the molecule is CC(N)C1CCCN(C(=O)C2CCCN(C(=O)c3ccc(Cl)cc3)C2)C1. The van der Waals surface area contributed by atoms with E-state index in [2.05, 4.69) is 0 Å². The topological polar surface area (TPSA) is 66.6 Å². The Morgan fingerprint density at radius 2 is 1.73 bits per heavy atom. The highest BCUT2D eigenvalue weighted by Gasteiger charge is 2.34. The fourth-order valence-corrected chi connectivity index (χ4v) is 4.16. The van der Waals surface area contributed by atoms with Crippen LogP contribution in [0, 0.1) is 11.8 Å². The van der Waals surface area contributed by atoms with Crippen molar-refractivity contribution < 1.29 is 9.59 Å². The molecule has 2 aliphatic heterocycles. The molecule has 1 aromatic rings. The smallest absolute Gasteiger partial charge is 0.253 e. The van der Waals surface area contributed by atoms with E-state index >= 15 is 0 Å². The molecule has 0 bridgehead atoms. The maximum absolute atomic E-state index is 13.0. The molecule has 3 rings (SSSR count). The number of hydrogen-bond donors (Lipinski definition) is 1. The van der Waals surface area contributed by atoms with Gasteiger partial charge in [-0.2, -0.15) is 0 Å². The third-order valence-electron chi connectivity index (χ3n) is 5.66. The average Bonchev–Trinajstić information content (AvgIpc) is 2.67. The van der Waals surface area contributed by atoms with Crippen LogP contribution < -0.4 is 5.73 Å². The Hall–Kier alpha value is -1.59. The minimum Gasteiger partial charge on any atom is -0.342 e. The summed E-state index contributed by atoms with van der Waals surface area (Å²) in [6, 6.07) is 7.05. The lowest BCUT2D eigenvalue weighted by Gasteiger charge is -2.39. The first-order valence-electron chi connectivity index (χ1n) is 9.55. The zero-order valence-electron chi connectivity index (χ0n) is 15.4. The van der Waals surface area contributed by atoms with Gasteiger partial charge in [0, 0.05) is 42.8 Å². The molecule has 0 spiro atoms. The van der Waals surface area contributed by atoms with Crippen molar-refractivity contribution in [3.8, 4) is 0 Å². The summed E-state index contributed by atoms with van der Waals surface area (Å²) in [6.45, 7) is 4.78. The van der Waals surface area contributed by atoms with Gasteiger partial charge in [0.1, 0.15) is 0 Å². The van der Waals surface area contributed by atoms with E-state index in [0.717, 1.165) is 38.8 Å². The van der Waals surface area contributed by atoms with E-state index in [0.29, 0.717) is 29.6 Å². The van der Waals surface area contributed by atoms with Crippen molar-refractivity contribution in [1.82, 2.24) is 9.80 Å². The molecule has 0 radical (unpaired) electrons. The maximum Gasteiger partial charge on any atom is 0.253 e. The second-order valence-electron chi connectivity index (χ2n) is 7.64. The van der Waals surface area contributed by atoms with E-state index in [4.69, 9.17) is 17.3 Å². The minimum absolute atomic E-state index is 0.0220. The molecule has 6 heteroatoms. The molecule has 26 heavy (non-hydrogen) atoms. The monoisotopic (exact) mass is 377 g/mol. The molecule has 0 aliphatic carbocycles. The van der Waals surface area contributed by atoms with Crippen LogP contribution in [0.2, 0.25) is 5.02 Å². The lowest BCUT2D eigenvalue weighted by Crippen LogP contribution is -2.50. The van der Waals surface area contributed by atoms with E-state index in [1.165, 1.54) is 0 Å². The molecule has 3 unspecified atom stereocenters. The summed E-state index contributed by atoms with van der Waals surface area (Å²) in [5.41, 5.74) is 6.67. The fraction of sp³-hybridized carbons (Fsp3) is 0.600. The first-order chi connectivity index (χ1) is 12.5. The van der Waals surface area contributed by atoms with Crippen LogP contribution >= 0.6 is 11.6 Å². The number of rotatable bonds is 3. The fourth-order valence-electron chi connectivity index (χ4n) is 4.04. The Labute approximate surface area is 160 Å². The highest BCUT2D eigenvalue weighted by molar-refractivity contribution is 6.30. The van der Waals surface area contributed by atoms with Crippen molar-refractivity contribution >= 4 is 23.4 Å². The van der Waals surface area contributed by atoms with E-state index in [1.54, 1.807) is 24.3 Å². The van der Waals surface area contributed by atoms with Crippen LogP contribution in [0.3, 0.4) is 0 Å². The molecule has 2 N–H and O–H groups in total. The lowest BCUT2D eigenvalue weighted by molar-refractivity contribution is -0.138. The molecule has 3 atom stereocenters. The lowest BCUT2D eigenvalue weighted by atomic mass is 9.90. The van der Waals surface area contributed by atoms with Gasteiger partial charge >= 0.3 is 0 Å². The van der Waals surface area contributed by atoms with Crippen LogP contribution in [0.5, 0.6) is 0 Å². The predicted octanol–water partition coefficient (Wildman–Crippen LogP) is 2.78. The number of carbonyl (C=O) groups excluding carboxylic acids is 2. The first kappa shape index (κ1) is 19.2. The number of piperidine rings is 2. The summed E-state index contributed by atoms with van der Waals surface area (Å²) in [5.74, 6) is 0.435. The zero-order valence-corrected chi connectivity index (χ0v) is 16.1. The summed E-state index contributed by atoms with van der Waals surface area (Å²) >= 11 is 5.90. The summed E-state index contributed by atoms with van der Waals surface area (Å²) in [5, 5.41) is 0.613. The maximum atomic E-state index is 13.0. The molecule has 2 saturated heterocycles. The summed E-state index contributed by atoms with van der Waals surface area (Å²) in [4.78, 5) is 29.5. The number of nitrogens with two attached hydrogens (primary N) is 1. The Bertz CT molecular complexity index is 647. The molecule has 0 saturated carbocycles. The Balaban J connectivity index is 1.63. The van der Waals surface area contributed by atoms with Gasteiger partial charge in [-0.15, -0.1) is 0 Å². The zero-order chi connectivity index (χ0) is 18.7. The average molecular weight is 378 g/mol. The number of carbonyl (C=O) groups is 2. The highest BCUT2D eigenvalue weighted by atomic mass is 35.5. The van der Waals surface area contributed by atoms with Crippen LogP contribution in [0.25, 0.3) is 0 Å². The van der Waals surface area contributed by atoms with Crippen molar-refractivity contribution in [3.05, 3.63) is 34.9 Å². The normalized spacial score (nSPS) is 25.0. The molecule has 2 fully saturated rings. The van der Waals surface area contributed by atoms with Gasteiger partial charge in [0.15, 0.2) is 0 Å². The quantitative estimate of drug-likeness (QED) is 0.880. The van der Waals surface area contributed by atoms with Gasteiger partial charge in [0.05, 0.1) is 5.92 Å². The van der Waals surface area contributed by atoms with Crippen molar-refractivity contribution in [2.75, 3.05) is 26.2 Å². The Morgan fingerprint density at radius 3 is 2.42 bits per heavy atom. The molecule has 2 heterocycles. The van der Waals surface area contributed by atoms with Gasteiger partial charge in [-0.3, -0.25) is 9.59 Å². The van der Waals surface area contributed by atoms with Crippen molar-refractivity contribution in [2.45, 2.75) is 38.6 Å². The van der Waals surface area contributed by atoms with Crippen LogP contribution in [0.4, 0.5) is 0 Å². The molecule has 142 valence electrons. The summed E-state index contributed by atoms with van der Waals surface area (Å²) in [6.07, 6.45) is 3.81.